The molecule has 102 valence electrons. The Kier molecular flexibility index (Phi) is 4.56. The number of hydrogen-bond acceptors (Lipinski definition) is 2. The van der Waals surface area contributed by atoms with Gasteiger partial charge in [0.05, 0.1) is 12.2 Å². The van der Waals surface area contributed by atoms with E-state index in [-0.39, 0.29) is 19.2 Å². The molecule has 0 saturated carbocycles. The summed E-state index contributed by atoms with van der Waals surface area (Å²) in [6.45, 7) is 5.64. The molecular formula is C12H15F4NO. The average molecular weight is 265 g/mol. The Morgan fingerprint density at radius 3 is 2.00 bits per heavy atom. The van der Waals surface area contributed by atoms with Crippen LogP contribution >= 0.6 is 0 Å². The van der Waals surface area contributed by atoms with Gasteiger partial charge in [-0.1, -0.05) is 0 Å². The van der Waals surface area contributed by atoms with Gasteiger partial charge in [-0.05, 0) is 20.8 Å². The Labute approximate surface area is 103 Å². The smallest absolute Gasteiger partial charge is 0.185 e. The van der Waals surface area contributed by atoms with Crippen molar-refractivity contribution < 1.29 is 22.3 Å². The zero-order valence-corrected chi connectivity index (χ0v) is 10.4. The van der Waals surface area contributed by atoms with E-state index in [1.165, 1.54) is 0 Å². The molecular weight excluding hydrogens is 250 g/mol. The van der Waals surface area contributed by atoms with Crippen molar-refractivity contribution in [3.63, 3.8) is 0 Å². The molecule has 0 unspecified atom stereocenters. The van der Waals surface area contributed by atoms with Crippen LogP contribution < -0.4 is 5.32 Å². The fourth-order valence-corrected chi connectivity index (χ4v) is 1.26. The van der Waals surface area contributed by atoms with Gasteiger partial charge in [-0.3, -0.25) is 0 Å². The van der Waals surface area contributed by atoms with Gasteiger partial charge in [-0.25, -0.2) is 17.6 Å². The zero-order valence-electron chi connectivity index (χ0n) is 10.4. The molecule has 18 heavy (non-hydrogen) atoms. The summed E-state index contributed by atoms with van der Waals surface area (Å²) in [7, 11) is 0. The monoisotopic (exact) mass is 265 g/mol. The Bertz CT molecular complexity index is 403. The SMILES string of the molecule is CC(C)(C)OCCNc1c(F)c(F)cc(F)c1F. The second kappa shape index (κ2) is 5.56. The van der Waals surface area contributed by atoms with Gasteiger partial charge in [0.1, 0.15) is 5.69 Å². The predicted octanol–water partition coefficient (Wildman–Crippen LogP) is 3.47. The first-order valence-electron chi connectivity index (χ1n) is 5.43. The highest BCUT2D eigenvalue weighted by Gasteiger charge is 2.18. The van der Waals surface area contributed by atoms with Gasteiger partial charge in [-0.15, -0.1) is 0 Å². The van der Waals surface area contributed by atoms with E-state index in [2.05, 4.69) is 5.32 Å². The Hall–Kier alpha value is -1.30. The van der Waals surface area contributed by atoms with Gasteiger partial charge in [0.2, 0.25) is 0 Å². The Morgan fingerprint density at radius 1 is 1.06 bits per heavy atom. The van der Waals surface area contributed by atoms with Crippen LogP contribution in [0.25, 0.3) is 0 Å². The molecule has 0 fully saturated rings. The molecule has 1 aromatic rings. The molecule has 0 saturated heterocycles. The molecule has 0 aromatic heterocycles. The van der Waals surface area contributed by atoms with Crippen molar-refractivity contribution in [1.29, 1.82) is 0 Å². The first-order chi connectivity index (χ1) is 8.22. The van der Waals surface area contributed by atoms with Crippen LogP contribution in [0.4, 0.5) is 23.2 Å². The van der Waals surface area contributed by atoms with Crippen LogP contribution in [0.1, 0.15) is 20.8 Å². The third kappa shape index (κ3) is 3.87. The van der Waals surface area contributed by atoms with Crippen LogP contribution in [0.5, 0.6) is 0 Å². The molecule has 0 heterocycles. The first kappa shape index (κ1) is 14.8. The summed E-state index contributed by atoms with van der Waals surface area (Å²) in [6, 6.07) is 0.168. The third-order valence-corrected chi connectivity index (χ3v) is 2.05. The van der Waals surface area contributed by atoms with Gasteiger partial charge in [0.25, 0.3) is 0 Å². The molecule has 2 nitrogen and oxygen atoms in total. The molecule has 0 atom stereocenters. The lowest BCUT2D eigenvalue weighted by Gasteiger charge is -2.20. The summed E-state index contributed by atoms with van der Waals surface area (Å²) in [4.78, 5) is 0. The maximum absolute atomic E-state index is 13.2. The number of ether oxygens (including phenoxy) is 1. The van der Waals surface area contributed by atoms with Crippen LogP contribution in [0, 0.1) is 23.3 Å². The molecule has 6 heteroatoms. The van der Waals surface area contributed by atoms with Crippen molar-refractivity contribution in [2.24, 2.45) is 0 Å². The van der Waals surface area contributed by atoms with Crippen LogP contribution in [-0.4, -0.2) is 18.8 Å². The average Bonchev–Trinajstić information content (AvgIpc) is 2.24. The Morgan fingerprint density at radius 2 is 1.56 bits per heavy atom. The molecule has 0 amide bonds. The maximum Gasteiger partial charge on any atom is 0.185 e. The highest BCUT2D eigenvalue weighted by atomic mass is 19.2. The van der Waals surface area contributed by atoms with Crippen LogP contribution in [-0.2, 0) is 4.74 Å². The van der Waals surface area contributed by atoms with E-state index < -0.39 is 34.6 Å². The van der Waals surface area contributed by atoms with E-state index in [0.29, 0.717) is 0 Å². The van der Waals surface area contributed by atoms with Crippen molar-refractivity contribution >= 4 is 5.69 Å². The molecule has 0 aliphatic rings. The number of halogens is 4. The minimum atomic E-state index is -1.44. The van der Waals surface area contributed by atoms with Gasteiger partial charge >= 0.3 is 0 Å². The zero-order chi connectivity index (χ0) is 13.9. The van der Waals surface area contributed by atoms with E-state index in [0.717, 1.165) is 0 Å². The number of nitrogens with one attached hydrogen (secondary N) is 1. The highest BCUT2D eigenvalue weighted by molar-refractivity contribution is 5.47. The molecule has 0 spiro atoms. The summed E-state index contributed by atoms with van der Waals surface area (Å²) in [6.07, 6.45) is 0. The second-order valence-electron chi connectivity index (χ2n) is 4.73. The lowest BCUT2D eigenvalue weighted by molar-refractivity contribution is 0.00329. The van der Waals surface area contributed by atoms with E-state index in [4.69, 9.17) is 4.74 Å². The third-order valence-electron chi connectivity index (χ3n) is 2.05. The van der Waals surface area contributed by atoms with Crippen molar-refractivity contribution in [2.75, 3.05) is 18.5 Å². The second-order valence-corrected chi connectivity index (χ2v) is 4.73. The molecule has 0 aliphatic carbocycles. The van der Waals surface area contributed by atoms with Crippen molar-refractivity contribution in [2.45, 2.75) is 26.4 Å². The summed E-state index contributed by atoms with van der Waals surface area (Å²) in [5, 5.41) is 2.28. The minimum Gasteiger partial charge on any atom is -0.378 e. The molecule has 0 bridgehead atoms. The van der Waals surface area contributed by atoms with Crippen molar-refractivity contribution in [3.05, 3.63) is 29.3 Å². The van der Waals surface area contributed by atoms with E-state index in [1.807, 2.05) is 20.8 Å². The molecule has 1 aromatic carbocycles. The summed E-state index contributed by atoms with van der Waals surface area (Å²) in [5.41, 5.74) is -1.21. The van der Waals surface area contributed by atoms with Gasteiger partial charge in [0.15, 0.2) is 23.3 Å². The van der Waals surface area contributed by atoms with Crippen molar-refractivity contribution in [1.82, 2.24) is 0 Å². The number of rotatable bonds is 4. The lowest BCUT2D eigenvalue weighted by atomic mass is 10.2. The van der Waals surface area contributed by atoms with Gasteiger partial charge in [0, 0.05) is 12.6 Å². The Balaban J connectivity index is 2.68. The maximum atomic E-state index is 13.2. The standard InChI is InChI=1S/C12H15F4NO/c1-12(2,3)18-5-4-17-11-9(15)7(13)6-8(14)10(11)16/h6,17H,4-5H2,1-3H3. The van der Waals surface area contributed by atoms with Crippen LogP contribution in [0.2, 0.25) is 0 Å². The fraction of sp³-hybridized carbons (Fsp3) is 0.500. The van der Waals surface area contributed by atoms with Crippen LogP contribution in [0.3, 0.4) is 0 Å². The normalized spacial score (nSPS) is 11.7. The van der Waals surface area contributed by atoms with Gasteiger partial charge < -0.3 is 10.1 Å². The van der Waals surface area contributed by atoms with E-state index in [1.54, 1.807) is 0 Å². The summed E-state index contributed by atoms with van der Waals surface area (Å²) < 4.78 is 57.5. The summed E-state index contributed by atoms with van der Waals surface area (Å²) >= 11 is 0. The quantitative estimate of drug-likeness (QED) is 0.511. The van der Waals surface area contributed by atoms with Crippen LogP contribution in [0.15, 0.2) is 6.07 Å². The topological polar surface area (TPSA) is 21.3 Å². The molecule has 0 radical (unpaired) electrons. The lowest BCUT2D eigenvalue weighted by Crippen LogP contribution is -2.23. The predicted molar refractivity (Wildman–Crippen MR) is 60.5 cm³/mol. The van der Waals surface area contributed by atoms with E-state index in [9.17, 15) is 17.6 Å². The molecule has 1 rings (SSSR count). The van der Waals surface area contributed by atoms with Gasteiger partial charge in [-0.2, -0.15) is 0 Å². The number of benzene rings is 1. The van der Waals surface area contributed by atoms with E-state index >= 15 is 0 Å². The summed E-state index contributed by atoms with van der Waals surface area (Å²) in [5.74, 6) is -5.75. The largest absolute Gasteiger partial charge is 0.378 e. The molecule has 0 aliphatic heterocycles. The minimum absolute atomic E-state index is 0.0357. The first-order valence-corrected chi connectivity index (χ1v) is 5.43. The number of anilines is 1. The number of hydrogen-bond donors (Lipinski definition) is 1. The molecule has 1 N–H and O–H groups in total. The highest BCUT2D eigenvalue weighted by Crippen LogP contribution is 2.23. The fourth-order valence-electron chi connectivity index (χ4n) is 1.26. The van der Waals surface area contributed by atoms with Crippen molar-refractivity contribution in [3.8, 4) is 0 Å².